The van der Waals surface area contributed by atoms with Crippen LogP contribution in [0.15, 0.2) is 47.5 Å². The van der Waals surface area contributed by atoms with Gasteiger partial charge in [-0.15, -0.1) is 0 Å². The van der Waals surface area contributed by atoms with E-state index >= 15 is 0 Å². The molecule has 2 rings (SSSR count). The monoisotopic (exact) mass is 398 g/mol. The van der Waals surface area contributed by atoms with Gasteiger partial charge in [-0.05, 0) is 41.8 Å². The molecule has 0 aliphatic heterocycles. The molecule has 0 unspecified atom stereocenters. The highest BCUT2D eigenvalue weighted by Crippen LogP contribution is 2.27. The number of hydrogen-bond donors (Lipinski definition) is 3. The number of carbonyl (C=O) groups excluding carboxylic acids is 1. The standard InChI is InChI=1S/C22H30N4O3/c1-5-6-21(27)26-18-10-7-16(8-11-18)14-24-22(23-2)25-15-17-9-12-19(28-3)20(13-17)29-4/h7-13H,5-6,14-15H2,1-4H3,(H,26,27)(H2,23,24,25). The van der Waals surface area contributed by atoms with Gasteiger partial charge in [0, 0.05) is 32.2 Å². The molecule has 2 aromatic rings. The van der Waals surface area contributed by atoms with Gasteiger partial charge in [-0.2, -0.15) is 0 Å². The van der Waals surface area contributed by atoms with E-state index in [0.29, 0.717) is 37.0 Å². The van der Waals surface area contributed by atoms with Gasteiger partial charge in [0.2, 0.25) is 5.91 Å². The van der Waals surface area contributed by atoms with Crippen LogP contribution in [-0.4, -0.2) is 33.1 Å². The van der Waals surface area contributed by atoms with Crippen molar-refractivity contribution in [2.75, 3.05) is 26.6 Å². The molecule has 0 saturated heterocycles. The topological polar surface area (TPSA) is 84.0 Å². The summed E-state index contributed by atoms with van der Waals surface area (Å²) < 4.78 is 10.6. The Morgan fingerprint density at radius 1 is 0.931 bits per heavy atom. The second-order valence-corrected chi connectivity index (χ2v) is 6.46. The van der Waals surface area contributed by atoms with Crippen molar-refractivity contribution in [1.82, 2.24) is 10.6 Å². The molecule has 0 radical (unpaired) electrons. The van der Waals surface area contributed by atoms with Gasteiger partial charge in [-0.25, -0.2) is 0 Å². The molecule has 0 spiro atoms. The van der Waals surface area contributed by atoms with Crippen LogP contribution in [0.25, 0.3) is 0 Å². The summed E-state index contributed by atoms with van der Waals surface area (Å²) in [6, 6.07) is 13.6. The number of rotatable bonds is 9. The molecule has 0 atom stereocenters. The van der Waals surface area contributed by atoms with Crippen LogP contribution < -0.4 is 25.4 Å². The second kappa shape index (κ2) is 11.6. The average molecular weight is 399 g/mol. The first-order valence-corrected chi connectivity index (χ1v) is 9.63. The van der Waals surface area contributed by atoms with Crippen LogP contribution in [0.2, 0.25) is 0 Å². The smallest absolute Gasteiger partial charge is 0.224 e. The molecule has 0 aliphatic rings. The fraction of sp³-hybridized carbons (Fsp3) is 0.364. The first kappa shape index (κ1) is 22.1. The van der Waals surface area contributed by atoms with Crippen molar-refractivity contribution in [3.8, 4) is 11.5 Å². The molecule has 1 amide bonds. The van der Waals surface area contributed by atoms with E-state index in [-0.39, 0.29) is 5.91 Å². The van der Waals surface area contributed by atoms with Crippen molar-refractivity contribution in [2.45, 2.75) is 32.9 Å². The fourth-order valence-corrected chi connectivity index (χ4v) is 2.74. The molecular weight excluding hydrogens is 368 g/mol. The van der Waals surface area contributed by atoms with Crippen molar-refractivity contribution in [3.63, 3.8) is 0 Å². The van der Waals surface area contributed by atoms with Crippen LogP contribution in [0.4, 0.5) is 5.69 Å². The lowest BCUT2D eigenvalue weighted by molar-refractivity contribution is -0.116. The Hall–Kier alpha value is -3.22. The SMILES string of the molecule is CCCC(=O)Nc1ccc(CNC(=NC)NCc2ccc(OC)c(OC)c2)cc1. The molecular formula is C22H30N4O3. The van der Waals surface area contributed by atoms with E-state index in [1.54, 1.807) is 21.3 Å². The zero-order valence-corrected chi connectivity index (χ0v) is 17.5. The van der Waals surface area contributed by atoms with E-state index in [4.69, 9.17) is 9.47 Å². The Bertz CT molecular complexity index is 819. The minimum absolute atomic E-state index is 0.0399. The zero-order valence-electron chi connectivity index (χ0n) is 17.5. The third-order valence-corrected chi connectivity index (χ3v) is 4.31. The minimum Gasteiger partial charge on any atom is -0.493 e. The van der Waals surface area contributed by atoms with Crippen LogP contribution in [-0.2, 0) is 17.9 Å². The molecule has 156 valence electrons. The Balaban J connectivity index is 1.85. The lowest BCUT2D eigenvalue weighted by Crippen LogP contribution is -2.36. The largest absolute Gasteiger partial charge is 0.493 e. The van der Waals surface area contributed by atoms with E-state index in [1.807, 2.05) is 49.4 Å². The van der Waals surface area contributed by atoms with Crippen LogP contribution in [0.5, 0.6) is 11.5 Å². The summed E-state index contributed by atoms with van der Waals surface area (Å²) in [6.45, 7) is 3.21. The molecule has 0 aromatic heterocycles. The molecule has 0 aliphatic carbocycles. The number of amides is 1. The first-order chi connectivity index (χ1) is 14.1. The van der Waals surface area contributed by atoms with Gasteiger partial charge in [0.25, 0.3) is 0 Å². The lowest BCUT2D eigenvalue weighted by Gasteiger charge is -2.14. The third-order valence-electron chi connectivity index (χ3n) is 4.31. The normalized spacial score (nSPS) is 11.0. The minimum atomic E-state index is 0.0399. The van der Waals surface area contributed by atoms with Crippen molar-refractivity contribution in [3.05, 3.63) is 53.6 Å². The highest BCUT2D eigenvalue weighted by atomic mass is 16.5. The number of nitrogens with zero attached hydrogens (tertiary/aromatic N) is 1. The first-order valence-electron chi connectivity index (χ1n) is 9.63. The molecule has 2 aromatic carbocycles. The zero-order chi connectivity index (χ0) is 21.1. The van der Waals surface area contributed by atoms with Gasteiger partial charge in [0.15, 0.2) is 17.5 Å². The van der Waals surface area contributed by atoms with Crippen LogP contribution in [0.3, 0.4) is 0 Å². The molecule has 29 heavy (non-hydrogen) atoms. The Labute approximate surface area is 172 Å². The predicted molar refractivity (Wildman–Crippen MR) is 117 cm³/mol. The van der Waals surface area contributed by atoms with Crippen LogP contribution >= 0.6 is 0 Å². The number of nitrogens with one attached hydrogen (secondary N) is 3. The highest BCUT2D eigenvalue weighted by molar-refractivity contribution is 5.90. The number of guanidine groups is 1. The van der Waals surface area contributed by atoms with E-state index in [1.165, 1.54) is 0 Å². The van der Waals surface area contributed by atoms with Crippen molar-refractivity contribution in [2.24, 2.45) is 4.99 Å². The molecule has 0 saturated carbocycles. The summed E-state index contributed by atoms with van der Waals surface area (Å²) in [7, 11) is 4.97. The highest BCUT2D eigenvalue weighted by Gasteiger charge is 2.06. The maximum Gasteiger partial charge on any atom is 0.224 e. The number of aliphatic imine (C=N–C) groups is 1. The molecule has 3 N–H and O–H groups in total. The van der Waals surface area contributed by atoms with Gasteiger partial charge in [0.05, 0.1) is 14.2 Å². The van der Waals surface area contributed by atoms with Gasteiger partial charge in [-0.3, -0.25) is 9.79 Å². The van der Waals surface area contributed by atoms with E-state index in [9.17, 15) is 4.79 Å². The van der Waals surface area contributed by atoms with E-state index in [0.717, 1.165) is 23.2 Å². The number of methoxy groups -OCH3 is 2. The Morgan fingerprint density at radius 3 is 2.14 bits per heavy atom. The van der Waals surface area contributed by atoms with Gasteiger partial charge in [0.1, 0.15) is 0 Å². The van der Waals surface area contributed by atoms with Crippen LogP contribution in [0, 0.1) is 0 Å². The number of hydrogen-bond acceptors (Lipinski definition) is 4. The Morgan fingerprint density at radius 2 is 1.55 bits per heavy atom. The number of ether oxygens (including phenoxy) is 2. The van der Waals surface area contributed by atoms with Crippen LogP contribution in [0.1, 0.15) is 30.9 Å². The fourth-order valence-electron chi connectivity index (χ4n) is 2.74. The van der Waals surface area contributed by atoms with Gasteiger partial charge in [-0.1, -0.05) is 25.1 Å². The molecule has 0 bridgehead atoms. The molecule has 7 nitrogen and oxygen atoms in total. The quantitative estimate of drug-likeness (QED) is 0.446. The lowest BCUT2D eigenvalue weighted by atomic mass is 10.2. The summed E-state index contributed by atoms with van der Waals surface area (Å²) in [4.78, 5) is 15.9. The van der Waals surface area contributed by atoms with Crippen molar-refractivity contribution in [1.29, 1.82) is 0 Å². The predicted octanol–water partition coefficient (Wildman–Crippen LogP) is 3.31. The molecule has 7 heteroatoms. The maximum absolute atomic E-state index is 11.7. The molecule has 0 fully saturated rings. The summed E-state index contributed by atoms with van der Waals surface area (Å²) in [5.41, 5.74) is 2.95. The van der Waals surface area contributed by atoms with E-state index in [2.05, 4.69) is 20.9 Å². The van der Waals surface area contributed by atoms with Gasteiger partial charge >= 0.3 is 0 Å². The van der Waals surface area contributed by atoms with Crippen molar-refractivity contribution >= 4 is 17.6 Å². The second-order valence-electron chi connectivity index (χ2n) is 6.46. The number of carbonyl (C=O) groups is 1. The maximum atomic E-state index is 11.7. The summed E-state index contributed by atoms with van der Waals surface area (Å²) in [5, 5.41) is 9.45. The summed E-state index contributed by atoms with van der Waals surface area (Å²) in [5.74, 6) is 2.13. The number of anilines is 1. The van der Waals surface area contributed by atoms with Crippen molar-refractivity contribution < 1.29 is 14.3 Å². The summed E-state index contributed by atoms with van der Waals surface area (Å²) >= 11 is 0. The third kappa shape index (κ3) is 7.03. The van der Waals surface area contributed by atoms with Gasteiger partial charge < -0.3 is 25.4 Å². The van der Waals surface area contributed by atoms with E-state index < -0.39 is 0 Å². The number of benzene rings is 2. The Kier molecular flexibility index (Phi) is 8.82. The summed E-state index contributed by atoms with van der Waals surface area (Å²) in [6.07, 6.45) is 1.37. The average Bonchev–Trinajstić information content (AvgIpc) is 2.74. The molecule has 0 heterocycles.